The predicted octanol–water partition coefficient (Wildman–Crippen LogP) is 2.58. The lowest BCUT2D eigenvalue weighted by atomic mass is 9.87. The summed E-state index contributed by atoms with van der Waals surface area (Å²) in [6.45, 7) is 4.29. The minimum Gasteiger partial charge on any atom is -0.282 e. The number of halogens is 1. The van der Waals surface area contributed by atoms with Crippen LogP contribution in [0.3, 0.4) is 0 Å². The lowest BCUT2D eigenvalue weighted by molar-refractivity contribution is 0.483. The first-order valence-corrected chi connectivity index (χ1v) is 6.36. The summed E-state index contributed by atoms with van der Waals surface area (Å²) in [6.07, 6.45) is 1.91. The Balaban J connectivity index is 0.00000128. The van der Waals surface area contributed by atoms with Gasteiger partial charge in [0.05, 0.1) is 4.90 Å². The molecule has 1 aromatic rings. The highest BCUT2D eigenvalue weighted by Gasteiger charge is 2.30. The fraction of sp³-hybridized carbons (Fsp3) is 0.455. The first-order chi connectivity index (χ1) is 6.81. The van der Waals surface area contributed by atoms with E-state index in [2.05, 4.69) is 13.8 Å². The zero-order valence-corrected chi connectivity index (χ0v) is 10.9. The van der Waals surface area contributed by atoms with Gasteiger partial charge in [-0.05, 0) is 41.5 Å². The van der Waals surface area contributed by atoms with Crippen LogP contribution in [0.25, 0.3) is 0 Å². The maximum absolute atomic E-state index is 10.9. The maximum atomic E-state index is 10.9. The Labute approximate surface area is 102 Å². The molecule has 1 N–H and O–H groups in total. The van der Waals surface area contributed by atoms with Crippen LogP contribution in [-0.4, -0.2) is 13.0 Å². The monoisotopic (exact) mass is 262 g/mol. The Kier molecular flexibility index (Phi) is 3.39. The Hall–Kier alpha value is -0.580. The summed E-state index contributed by atoms with van der Waals surface area (Å²) in [5.74, 6) is 0. The van der Waals surface area contributed by atoms with Crippen LogP contribution in [0, 0.1) is 0 Å². The van der Waals surface area contributed by atoms with Gasteiger partial charge in [0.2, 0.25) is 0 Å². The molecule has 1 aliphatic rings. The van der Waals surface area contributed by atoms with E-state index in [1.165, 1.54) is 11.6 Å². The number of aryl methyl sites for hydroxylation is 1. The van der Waals surface area contributed by atoms with Crippen molar-refractivity contribution in [3.05, 3.63) is 29.3 Å². The van der Waals surface area contributed by atoms with Gasteiger partial charge in [-0.1, -0.05) is 19.9 Å². The molecule has 0 amide bonds. The minimum atomic E-state index is -4.06. The zero-order chi connectivity index (χ0) is 11.3. The second-order valence-corrected chi connectivity index (χ2v) is 6.10. The topological polar surface area (TPSA) is 54.4 Å². The summed E-state index contributed by atoms with van der Waals surface area (Å²) in [5.41, 5.74) is 2.35. The molecule has 5 heteroatoms. The van der Waals surface area contributed by atoms with Crippen LogP contribution in [-0.2, 0) is 22.0 Å². The molecule has 0 radical (unpaired) electrons. The van der Waals surface area contributed by atoms with E-state index >= 15 is 0 Å². The van der Waals surface area contributed by atoms with Crippen molar-refractivity contribution in [1.29, 1.82) is 0 Å². The molecule has 0 bridgehead atoms. The van der Waals surface area contributed by atoms with Gasteiger partial charge in [-0.15, -0.1) is 12.4 Å². The molecular formula is C11H15ClO3S. The normalized spacial score (nSPS) is 17.7. The van der Waals surface area contributed by atoms with Crippen molar-refractivity contribution in [2.75, 3.05) is 0 Å². The number of hydrogen-bond donors (Lipinski definition) is 1. The van der Waals surface area contributed by atoms with Crippen molar-refractivity contribution in [2.45, 2.75) is 37.0 Å². The molecule has 0 spiro atoms. The zero-order valence-electron chi connectivity index (χ0n) is 9.23. The average molecular weight is 263 g/mol. The van der Waals surface area contributed by atoms with Crippen LogP contribution < -0.4 is 0 Å². The molecule has 16 heavy (non-hydrogen) atoms. The summed E-state index contributed by atoms with van der Waals surface area (Å²) in [6, 6.07) is 4.87. The number of fused-ring (bicyclic) bond motifs is 1. The molecule has 2 rings (SSSR count). The first kappa shape index (κ1) is 13.5. The van der Waals surface area contributed by atoms with Crippen molar-refractivity contribution < 1.29 is 13.0 Å². The summed E-state index contributed by atoms with van der Waals surface area (Å²) in [7, 11) is -4.06. The van der Waals surface area contributed by atoms with Gasteiger partial charge in [0.1, 0.15) is 0 Å². The molecular weight excluding hydrogens is 248 g/mol. The van der Waals surface area contributed by atoms with Gasteiger partial charge in [-0.25, -0.2) is 0 Å². The van der Waals surface area contributed by atoms with Crippen LogP contribution in [0.15, 0.2) is 23.1 Å². The highest BCUT2D eigenvalue weighted by molar-refractivity contribution is 7.85. The molecule has 0 fully saturated rings. The highest BCUT2D eigenvalue weighted by Crippen LogP contribution is 2.38. The van der Waals surface area contributed by atoms with Gasteiger partial charge in [0.15, 0.2) is 0 Å². The molecule has 0 aliphatic heterocycles. The minimum absolute atomic E-state index is 0. The fourth-order valence-electron chi connectivity index (χ4n) is 2.18. The molecule has 0 heterocycles. The third kappa shape index (κ3) is 2.24. The van der Waals surface area contributed by atoms with Crippen molar-refractivity contribution in [3.8, 4) is 0 Å². The first-order valence-electron chi connectivity index (χ1n) is 4.92. The van der Waals surface area contributed by atoms with E-state index in [0.717, 1.165) is 18.4 Å². The summed E-state index contributed by atoms with van der Waals surface area (Å²) in [4.78, 5) is -0.000972. The Morgan fingerprint density at radius 1 is 1.31 bits per heavy atom. The number of rotatable bonds is 1. The van der Waals surface area contributed by atoms with Crippen LogP contribution >= 0.6 is 12.4 Å². The van der Waals surface area contributed by atoms with E-state index in [1.54, 1.807) is 6.07 Å². The van der Waals surface area contributed by atoms with Gasteiger partial charge in [0, 0.05) is 0 Å². The van der Waals surface area contributed by atoms with E-state index in [9.17, 15) is 8.42 Å². The van der Waals surface area contributed by atoms with E-state index in [1.807, 2.05) is 6.07 Å². The van der Waals surface area contributed by atoms with Gasteiger partial charge >= 0.3 is 0 Å². The van der Waals surface area contributed by atoms with E-state index in [-0.39, 0.29) is 22.7 Å². The van der Waals surface area contributed by atoms with E-state index in [4.69, 9.17) is 4.55 Å². The Morgan fingerprint density at radius 2 is 1.94 bits per heavy atom. The Bertz CT molecular complexity index is 506. The molecule has 1 aliphatic carbocycles. The molecule has 0 saturated heterocycles. The van der Waals surface area contributed by atoms with Crippen molar-refractivity contribution in [2.24, 2.45) is 0 Å². The summed E-state index contributed by atoms with van der Waals surface area (Å²) >= 11 is 0. The second kappa shape index (κ2) is 4.02. The predicted molar refractivity (Wildman–Crippen MR) is 64.9 cm³/mol. The molecule has 0 saturated carbocycles. The summed E-state index contributed by atoms with van der Waals surface area (Å²) < 4.78 is 30.8. The molecule has 3 nitrogen and oxygen atoms in total. The third-order valence-corrected chi connectivity index (χ3v) is 3.97. The quantitative estimate of drug-likeness (QED) is 0.792. The van der Waals surface area contributed by atoms with Crippen LogP contribution in [0.5, 0.6) is 0 Å². The van der Waals surface area contributed by atoms with Crippen molar-refractivity contribution >= 4 is 22.5 Å². The van der Waals surface area contributed by atoms with Crippen LogP contribution in [0.2, 0.25) is 0 Å². The SMILES string of the molecule is CC1(C)CCc2cc(S(=O)(=O)O)ccc21.Cl. The molecule has 1 aromatic carbocycles. The standard InChI is InChI=1S/C11H14O3S.ClH/c1-11(2)6-5-8-7-9(15(12,13)14)3-4-10(8)11;/h3-4,7H,5-6H2,1-2H3,(H,12,13,14);1H. The molecule has 90 valence electrons. The molecule has 0 atom stereocenters. The molecule has 0 aromatic heterocycles. The third-order valence-electron chi connectivity index (χ3n) is 3.12. The van der Waals surface area contributed by atoms with Gasteiger partial charge in [0.25, 0.3) is 10.1 Å². The Morgan fingerprint density at radius 3 is 2.50 bits per heavy atom. The van der Waals surface area contributed by atoms with Crippen LogP contribution in [0.4, 0.5) is 0 Å². The van der Waals surface area contributed by atoms with Gasteiger partial charge in [-0.3, -0.25) is 4.55 Å². The maximum Gasteiger partial charge on any atom is 0.294 e. The van der Waals surface area contributed by atoms with Gasteiger partial charge in [-0.2, -0.15) is 8.42 Å². The lowest BCUT2D eigenvalue weighted by Crippen LogP contribution is -2.11. The lowest BCUT2D eigenvalue weighted by Gasteiger charge is -2.18. The van der Waals surface area contributed by atoms with Crippen LogP contribution in [0.1, 0.15) is 31.4 Å². The van der Waals surface area contributed by atoms with E-state index < -0.39 is 10.1 Å². The fourth-order valence-corrected chi connectivity index (χ4v) is 2.71. The van der Waals surface area contributed by atoms with E-state index in [0.29, 0.717) is 0 Å². The van der Waals surface area contributed by atoms with Gasteiger partial charge < -0.3 is 0 Å². The highest BCUT2D eigenvalue weighted by atomic mass is 35.5. The van der Waals surface area contributed by atoms with Crippen molar-refractivity contribution in [3.63, 3.8) is 0 Å². The smallest absolute Gasteiger partial charge is 0.282 e. The largest absolute Gasteiger partial charge is 0.294 e. The van der Waals surface area contributed by atoms with Crippen molar-refractivity contribution in [1.82, 2.24) is 0 Å². The molecule has 0 unspecified atom stereocenters. The number of benzene rings is 1. The summed E-state index contributed by atoms with van der Waals surface area (Å²) in [5, 5.41) is 0. The second-order valence-electron chi connectivity index (χ2n) is 4.68. The average Bonchev–Trinajstić information content (AvgIpc) is 2.41. The number of hydrogen-bond acceptors (Lipinski definition) is 2.